The summed E-state index contributed by atoms with van der Waals surface area (Å²) in [5, 5.41) is 10.7. The summed E-state index contributed by atoms with van der Waals surface area (Å²) in [4.78, 5) is 20.2. The minimum absolute atomic E-state index is 0.00900. The fraction of sp³-hybridized carbons (Fsp3) is 0.400. The number of aliphatic imine (C=N–C) groups is 1. The molecule has 7 heteroatoms. The zero-order chi connectivity index (χ0) is 16.3. The maximum absolute atomic E-state index is 12.0. The second kappa shape index (κ2) is 7.11. The summed E-state index contributed by atoms with van der Waals surface area (Å²) in [6.07, 6.45) is 3.30. The van der Waals surface area contributed by atoms with Crippen LogP contribution in [0.3, 0.4) is 0 Å². The van der Waals surface area contributed by atoms with Crippen LogP contribution in [0.1, 0.15) is 30.9 Å². The van der Waals surface area contributed by atoms with Crippen molar-refractivity contribution in [3.8, 4) is 0 Å². The van der Waals surface area contributed by atoms with Crippen LogP contribution in [0.4, 0.5) is 0 Å². The average molecular weight is 343 g/mol. The fourth-order valence-corrected chi connectivity index (χ4v) is 2.12. The highest BCUT2D eigenvalue weighted by molar-refractivity contribution is 6.34. The SMILES string of the molecule is CCOC(=O)C(C=NC1CC1)=C(O)c1cc(C)c(Cl)nc1Cl. The lowest BCUT2D eigenvalue weighted by molar-refractivity contribution is -0.137. The summed E-state index contributed by atoms with van der Waals surface area (Å²) in [5.41, 5.74) is 0.808. The van der Waals surface area contributed by atoms with Gasteiger partial charge in [-0.25, -0.2) is 9.78 Å². The Labute approximate surface area is 138 Å². The first-order chi connectivity index (χ1) is 10.4. The third-order valence-electron chi connectivity index (χ3n) is 3.07. The van der Waals surface area contributed by atoms with Gasteiger partial charge < -0.3 is 9.84 Å². The predicted octanol–water partition coefficient (Wildman–Crippen LogP) is 3.76. The second-order valence-corrected chi connectivity index (χ2v) is 5.64. The zero-order valence-corrected chi connectivity index (χ0v) is 13.8. The van der Waals surface area contributed by atoms with Gasteiger partial charge in [-0.3, -0.25) is 4.99 Å². The molecule has 1 N–H and O–H groups in total. The van der Waals surface area contributed by atoms with E-state index in [1.165, 1.54) is 6.21 Å². The van der Waals surface area contributed by atoms with E-state index >= 15 is 0 Å². The first-order valence-corrected chi connectivity index (χ1v) is 7.66. The van der Waals surface area contributed by atoms with E-state index < -0.39 is 5.97 Å². The lowest BCUT2D eigenvalue weighted by Gasteiger charge is -2.09. The Balaban J connectivity index is 2.47. The maximum Gasteiger partial charge on any atom is 0.343 e. The van der Waals surface area contributed by atoms with Gasteiger partial charge in [0.2, 0.25) is 0 Å². The molecule has 22 heavy (non-hydrogen) atoms. The van der Waals surface area contributed by atoms with E-state index in [9.17, 15) is 9.90 Å². The van der Waals surface area contributed by atoms with E-state index in [1.54, 1.807) is 19.9 Å². The Kier molecular flexibility index (Phi) is 5.42. The molecule has 0 atom stereocenters. The predicted molar refractivity (Wildman–Crippen MR) is 86.7 cm³/mol. The molecule has 0 radical (unpaired) electrons. The molecule has 1 aliphatic carbocycles. The lowest BCUT2D eigenvalue weighted by Crippen LogP contribution is -2.12. The molecule has 0 spiro atoms. The molecule has 1 fully saturated rings. The van der Waals surface area contributed by atoms with Crippen LogP contribution in [0.2, 0.25) is 10.3 Å². The van der Waals surface area contributed by atoms with Crippen molar-refractivity contribution in [1.82, 2.24) is 4.98 Å². The number of aromatic nitrogens is 1. The summed E-state index contributed by atoms with van der Waals surface area (Å²) in [5.74, 6) is -0.979. The zero-order valence-electron chi connectivity index (χ0n) is 12.3. The molecule has 0 bridgehead atoms. The summed E-state index contributed by atoms with van der Waals surface area (Å²) < 4.78 is 4.96. The Bertz CT molecular complexity index is 652. The molecular weight excluding hydrogens is 327 g/mol. The minimum atomic E-state index is -0.659. The van der Waals surface area contributed by atoms with Crippen molar-refractivity contribution in [3.63, 3.8) is 0 Å². The van der Waals surface area contributed by atoms with Gasteiger partial charge in [-0.05, 0) is 38.3 Å². The van der Waals surface area contributed by atoms with E-state index in [4.69, 9.17) is 27.9 Å². The van der Waals surface area contributed by atoms with Crippen LogP contribution in [0.25, 0.3) is 5.76 Å². The number of esters is 1. The van der Waals surface area contributed by atoms with Crippen molar-refractivity contribution in [2.24, 2.45) is 4.99 Å². The first-order valence-electron chi connectivity index (χ1n) is 6.90. The number of carbonyl (C=O) groups excluding carboxylic acids is 1. The van der Waals surface area contributed by atoms with Gasteiger partial charge >= 0.3 is 5.97 Å². The number of rotatable bonds is 5. The van der Waals surface area contributed by atoms with Gasteiger partial charge in [0.1, 0.15) is 21.6 Å². The van der Waals surface area contributed by atoms with E-state index in [0.717, 1.165) is 12.8 Å². The van der Waals surface area contributed by atoms with Gasteiger partial charge in [0.15, 0.2) is 0 Å². The molecule has 118 valence electrons. The van der Waals surface area contributed by atoms with E-state index in [-0.39, 0.29) is 39.9 Å². The van der Waals surface area contributed by atoms with Crippen molar-refractivity contribution < 1.29 is 14.6 Å². The molecule has 1 aromatic rings. The topological polar surface area (TPSA) is 71.8 Å². The number of ether oxygens (including phenoxy) is 1. The third kappa shape index (κ3) is 3.99. The van der Waals surface area contributed by atoms with E-state index in [1.807, 2.05) is 0 Å². The maximum atomic E-state index is 12.0. The highest BCUT2D eigenvalue weighted by atomic mass is 35.5. The summed E-state index contributed by atoms with van der Waals surface area (Å²) in [6, 6.07) is 1.77. The number of nitrogens with zero attached hydrogens (tertiary/aromatic N) is 2. The van der Waals surface area contributed by atoms with Crippen molar-refractivity contribution >= 4 is 41.1 Å². The molecule has 0 aliphatic heterocycles. The molecule has 0 unspecified atom stereocenters. The van der Waals surface area contributed by atoms with Gasteiger partial charge in [0.05, 0.1) is 18.2 Å². The molecule has 0 saturated heterocycles. The van der Waals surface area contributed by atoms with Crippen molar-refractivity contribution in [2.75, 3.05) is 6.61 Å². The Morgan fingerprint density at radius 1 is 1.50 bits per heavy atom. The third-order valence-corrected chi connectivity index (χ3v) is 3.74. The largest absolute Gasteiger partial charge is 0.506 e. The number of hydrogen-bond acceptors (Lipinski definition) is 5. The summed E-state index contributed by atoms with van der Waals surface area (Å²) in [6.45, 7) is 3.61. The molecule has 0 amide bonds. The van der Waals surface area contributed by atoms with Crippen LogP contribution < -0.4 is 0 Å². The number of pyridine rings is 1. The molecule has 1 saturated carbocycles. The molecule has 1 heterocycles. The summed E-state index contributed by atoms with van der Waals surface area (Å²) in [7, 11) is 0. The van der Waals surface area contributed by atoms with Crippen molar-refractivity contribution in [1.29, 1.82) is 0 Å². The standard InChI is InChI=1S/C15H16Cl2N2O3/c1-3-22-15(21)11(7-18-9-4-5-9)12(20)10-6-8(2)13(16)19-14(10)17/h6-7,9,20H,3-5H2,1-2H3. The number of halogens is 2. The van der Waals surface area contributed by atoms with Gasteiger partial charge in [0, 0.05) is 6.21 Å². The van der Waals surface area contributed by atoms with Gasteiger partial charge in [-0.1, -0.05) is 23.2 Å². The van der Waals surface area contributed by atoms with Crippen LogP contribution >= 0.6 is 23.2 Å². The Hall–Kier alpha value is -1.59. The molecule has 1 aromatic heterocycles. The monoisotopic (exact) mass is 342 g/mol. The number of aliphatic hydroxyl groups excluding tert-OH is 1. The number of aliphatic hydroxyl groups is 1. The van der Waals surface area contributed by atoms with Crippen molar-refractivity contribution in [3.05, 3.63) is 33.1 Å². The van der Waals surface area contributed by atoms with Crippen LogP contribution in [-0.2, 0) is 9.53 Å². The molecule has 0 aromatic carbocycles. The van der Waals surface area contributed by atoms with Gasteiger partial charge in [-0.15, -0.1) is 0 Å². The average Bonchev–Trinajstić information content (AvgIpc) is 3.27. The number of hydrogen-bond donors (Lipinski definition) is 1. The normalized spacial score (nSPS) is 15.8. The smallest absolute Gasteiger partial charge is 0.343 e. The Morgan fingerprint density at radius 2 is 2.18 bits per heavy atom. The molecular formula is C15H16Cl2N2O3. The van der Waals surface area contributed by atoms with Crippen LogP contribution in [0, 0.1) is 6.92 Å². The van der Waals surface area contributed by atoms with Crippen LogP contribution in [0.5, 0.6) is 0 Å². The van der Waals surface area contributed by atoms with E-state index in [2.05, 4.69) is 9.98 Å². The van der Waals surface area contributed by atoms with Gasteiger partial charge in [0.25, 0.3) is 0 Å². The Morgan fingerprint density at radius 3 is 2.77 bits per heavy atom. The highest BCUT2D eigenvalue weighted by Gasteiger charge is 2.23. The van der Waals surface area contributed by atoms with Gasteiger partial charge in [-0.2, -0.15) is 0 Å². The first kappa shape index (κ1) is 16.8. The second-order valence-electron chi connectivity index (χ2n) is 4.93. The van der Waals surface area contributed by atoms with Crippen LogP contribution in [-0.4, -0.2) is 34.9 Å². The quantitative estimate of drug-likeness (QED) is 0.290. The van der Waals surface area contributed by atoms with Crippen LogP contribution in [0.15, 0.2) is 16.6 Å². The number of carbonyl (C=O) groups is 1. The highest BCUT2D eigenvalue weighted by Crippen LogP contribution is 2.28. The molecule has 5 nitrogen and oxygen atoms in total. The molecule has 2 rings (SSSR count). The molecule has 1 aliphatic rings. The lowest BCUT2D eigenvalue weighted by atomic mass is 10.1. The minimum Gasteiger partial charge on any atom is -0.506 e. The van der Waals surface area contributed by atoms with E-state index in [0.29, 0.717) is 5.56 Å². The van der Waals surface area contributed by atoms with Crippen molar-refractivity contribution in [2.45, 2.75) is 32.7 Å². The summed E-state index contributed by atoms with van der Waals surface area (Å²) >= 11 is 11.9. The fourth-order valence-electron chi connectivity index (χ4n) is 1.70. The number of aryl methyl sites for hydroxylation is 1.